The van der Waals surface area contributed by atoms with Crippen LogP contribution in [0.2, 0.25) is 0 Å². The number of para-hydroxylation sites is 6. The van der Waals surface area contributed by atoms with Crippen LogP contribution in [0.5, 0.6) is 11.5 Å². The van der Waals surface area contributed by atoms with Gasteiger partial charge in [0.1, 0.15) is 23.1 Å². The molecule has 7 aromatic heterocycles. The largest absolute Gasteiger partial charge is 0.467 e. The van der Waals surface area contributed by atoms with E-state index < -0.39 is 0 Å². The van der Waals surface area contributed by atoms with Crippen LogP contribution in [0.25, 0.3) is 54.5 Å². The van der Waals surface area contributed by atoms with Crippen LogP contribution in [0.1, 0.15) is 35.3 Å². The molecule has 0 radical (unpaired) electrons. The molecule has 0 bridgehead atoms. The molecule has 17 rings (SSSR count). The molecule has 0 spiro atoms. The molecule has 0 aliphatic carbocycles. The molecule has 16 aromatic rings. The summed E-state index contributed by atoms with van der Waals surface area (Å²) >= 11 is 5.97. The first-order valence-electron chi connectivity index (χ1n) is 39.6. The fraction of sp³-hybridized carbons (Fsp3) is 0.152. The number of furan rings is 1. The Bertz CT molecular complexity index is 6760. The van der Waals surface area contributed by atoms with E-state index in [0.717, 1.165) is 61.1 Å². The van der Waals surface area contributed by atoms with Gasteiger partial charge in [-0.25, -0.2) is 29.3 Å². The van der Waals surface area contributed by atoms with Crippen molar-refractivity contribution in [2.45, 2.75) is 70.8 Å². The van der Waals surface area contributed by atoms with Crippen LogP contribution < -0.4 is 59.1 Å². The number of piperidine rings is 1. The van der Waals surface area contributed by atoms with Crippen LogP contribution in [-0.4, -0.2) is 137 Å². The molecule has 0 saturated carbocycles. The molecule has 5 amide bonds. The Morgan fingerprint density at radius 1 is 0.394 bits per heavy atom. The number of amides is 5. The van der Waals surface area contributed by atoms with E-state index in [9.17, 15) is 52.3 Å². The van der Waals surface area contributed by atoms with Gasteiger partial charge >= 0.3 is 0 Å². The van der Waals surface area contributed by atoms with E-state index in [-0.39, 0.29) is 98.0 Å². The average Bonchev–Trinajstić information content (AvgIpc) is 1.11. The molecule has 1 fully saturated rings. The number of rotatable bonds is 27. The van der Waals surface area contributed by atoms with E-state index in [1.165, 1.54) is 64.7 Å². The number of hydrogen-bond donors (Lipinski definition) is 10. The standard InChI is InChI=1S/C22H24N4O2S.C22H17N3O3S.C17H14FN3O2S.C16H14N4O2S.C15H13N3O3S/c27-20(15-29-22-24-19-9-5-4-8-18(19)21(28)25-22)23-17-10-12-26(13-11-17)14-16-6-2-1-3-7-16;26-20(14-29-22-24-19-12-5-4-11-18(19)21(27)25-22)23-15-7-6-10-17(13-15)28-16-8-2-1-3-9-16;18-12-7-5-11(6-8-12)9-19-15(22)10-24-17-20-14-4-2-1-3-13(14)16(23)21-17;21-14(18-9-11-4-3-7-17-8-11)10-23-16-19-13-6-2-1-5-12(13)15(22)20-16;19-13(16-8-10-4-3-7-21-10)9-22-15-17-12-6-2-1-5-11(12)14(20)18-15/h1-9,17H,10-15H2,(H,23,27)(H,24,25,28);1-13H,14H2,(H,23,26)(H,24,25,27);1-8H,9-10H2,(H,19,22)(H,20,21,23);1-8H,9-10H2,(H,18,21)(H,19,20,22);1-7H,8-9H2,(H,16,19)(H,17,18,20). The highest BCUT2D eigenvalue weighted by molar-refractivity contribution is 8.00. The van der Waals surface area contributed by atoms with Gasteiger partial charge in [-0.15, -0.1) is 0 Å². The van der Waals surface area contributed by atoms with E-state index in [0.29, 0.717) is 117 Å². The summed E-state index contributed by atoms with van der Waals surface area (Å²) in [5.74, 6) is 1.85. The highest BCUT2D eigenvalue weighted by Crippen LogP contribution is 2.26. The van der Waals surface area contributed by atoms with Gasteiger partial charge in [0.25, 0.3) is 27.8 Å². The lowest BCUT2D eigenvalue weighted by atomic mass is 10.0. The molecule has 127 heavy (non-hydrogen) atoms. The number of nitrogens with one attached hydrogen (secondary N) is 10. The van der Waals surface area contributed by atoms with Crippen LogP contribution in [0, 0.1) is 5.82 Å². The number of thioether (sulfide) groups is 5. The summed E-state index contributed by atoms with van der Waals surface area (Å²) in [6.45, 7) is 4.00. The highest BCUT2D eigenvalue weighted by Gasteiger charge is 2.22. The number of aromatic nitrogens is 11. The quantitative estimate of drug-likeness (QED) is 0.0169. The fourth-order valence-corrected chi connectivity index (χ4v) is 15.8. The van der Waals surface area contributed by atoms with Crippen LogP contribution in [0.4, 0.5) is 10.1 Å². The minimum Gasteiger partial charge on any atom is -0.467 e. The second-order valence-corrected chi connectivity index (χ2v) is 32.7. The van der Waals surface area contributed by atoms with Gasteiger partial charge in [0, 0.05) is 62.9 Å². The summed E-state index contributed by atoms with van der Waals surface area (Å²) in [5, 5.41) is 19.0. The number of carbonyl (C=O) groups excluding carboxylic acids is 5. The van der Waals surface area contributed by atoms with Gasteiger partial charge in [0.2, 0.25) is 29.5 Å². The van der Waals surface area contributed by atoms with Crippen molar-refractivity contribution >= 4 is 149 Å². The van der Waals surface area contributed by atoms with Crippen molar-refractivity contribution in [3.8, 4) is 11.5 Å². The van der Waals surface area contributed by atoms with Crippen LogP contribution in [0.15, 0.2) is 328 Å². The maximum atomic E-state index is 12.8. The smallest absolute Gasteiger partial charge is 0.259 e. The lowest BCUT2D eigenvalue weighted by Gasteiger charge is -2.32. The molecule has 29 nitrogen and oxygen atoms in total. The normalized spacial score (nSPS) is 11.8. The number of fused-ring (bicyclic) bond motifs is 5. The second-order valence-electron chi connectivity index (χ2n) is 27.9. The molecule has 644 valence electrons. The number of likely N-dealkylation sites (tertiary alicyclic amines) is 1. The number of nitrogens with zero attached hydrogens (tertiary/aromatic N) is 7. The minimum atomic E-state index is -0.313. The lowest BCUT2D eigenvalue weighted by Crippen LogP contribution is -2.44. The third kappa shape index (κ3) is 28.5. The first-order chi connectivity index (χ1) is 61.9. The topological polar surface area (TPSA) is 413 Å². The number of ether oxygens (including phenoxy) is 1. The molecule has 10 N–H and O–H groups in total. The first-order valence-corrected chi connectivity index (χ1v) is 44.6. The molecule has 1 aliphatic rings. The van der Waals surface area contributed by atoms with E-state index in [1.807, 2.05) is 91.0 Å². The van der Waals surface area contributed by atoms with Crippen LogP contribution in [0.3, 0.4) is 0 Å². The summed E-state index contributed by atoms with van der Waals surface area (Å²) in [7, 11) is 0. The van der Waals surface area contributed by atoms with Gasteiger partial charge in [-0.05, 0) is 145 Å². The number of pyridine rings is 1. The van der Waals surface area contributed by atoms with E-state index in [2.05, 4.69) is 111 Å². The zero-order valence-electron chi connectivity index (χ0n) is 67.7. The van der Waals surface area contributed by atoms with Gasteiger partial charge in [-0.3, -0.25) is 57.8 Å². The Morgan fingerprint density at radius 2 is 0.780 bits per heavy atom. The number of carbonyl (C=O) groups is 5. The monoisotopic (exact) mass is 1800 g/mol. The van der Waals surface area contributed by atoms with Crippen molar-refractivity contribution in [1.29, 1.82) is 0 Å². The van der Waals surface area contributed by atoms with Crippen LogP contribution >= 0.6 is 58.8 Å². The molecule has 35 heteroatoms. The van der Waals surface area contributed by atoms with Gasteiger partial charge in [0.15, 0.2) is 25.8 Å². The maximum absolute atomic E-state index is 12.8. The van der Waals surface area contributed by atoms with Crippen molar-refractivity contribution < 1.29 is 37.5 Å². The zero-order valence-corrected chi connectivity index (χ0v) is 71.8. The SMILES string of the molecule is O=C(CSc1nc2ccccc2c(=O)[nH]1)NC1CCN(Cc2ccccc2)CC1.O=C(CSc1nc2ccccc2c(=O)[nH]1)NCc1ccc(F)cc1.O=C(CSc1nc2ccccc2c(=O)[nH]1)NCc1cccnc1.O=C(CSc1nc2ccccc2c(=O)[nH]1)NCc1ccco1.O=C(CSc1nc2ccccc2c(=O)[nH]1)Nc1cccc(Oc2ccccc2)c1. The third-order valence-corrected chi connectivity index (χ3v) is 23.0. The lowest BCUT2D eigenvalue weighted by molar-refractivity contribution is -0.120. The van der Waals surface area contributed by atoms with Crippen molar-refractivity contribution in [3.63, 3.8) is 0 Å². The number of aromatic amines is 5. The second kappa shape index (κ2) is 46.6. The van der Waals surface area contributed by atoms with Crippen LogP contribution in [-0.2, 0) is 50.2 Å². The molecule has 8 heterocycles. The van der Waals surface area contributed by atoms with Crippen molar-refractivity contribution in [1.82, 2.24) is 81.0 Å². The molecule has 1 aliphatic heterocycles. The van der Waals surface area contributed by atoms with Crippen molar-refractivity contribution in [2.75, 3.05) is 47.2 Å². The Hall–Kier alpha value is -14.1. The van der Waals surface area contributed by atoms with Gasteiger partial charge in [0.05, 0.1) is 96.1 Å². The molecule has 1 saturated heterocycles. The zero-order chi connectivity index (χ0) is 88.5. The first kappa shape index (κ1) is 90.6. The Labute approximate surface area is 745 Å². The van der Waals surface area contributed by atoms with Crippen molar-refractivity contribution in [2.24, 2.45) is 0 Å². The highest BCUT2D eigenvalue weighted by atomic mass is 32.2. The predicted molar refractivity (Wildman–Crippen MR) is 495 cm³/mol. The summed E-state index contributed by atoms with van der Waals surface area (Å²) in [4.78, 5) is 162. The molecule has 0 atom stereocenters. The number of halogens is 1. The maximum Gasteiger partial charge on any atom is 0.259 e. The van der Waals surface area contributed by atoms with Gasteiger partial charge in [-0.2, -0.15) is 0 Å². The van der Waals surface area contributed by atoms with E-state index in [1.54, 1.807) is 146 Å². The fourth-order valence-electron chi connectivity index (χ4n) is 12.4. The van der Waals surface area contributed by atoms with Gasteiger partial charge < -0.3 is 60.7 Å². The summed E-state index contributed by atoms with van der Waals surface area (Å²) in [6, 6.07) is 76.0. The Morgan fingerprint density at radius 3 is 1.20 bits per heavy atom. The number of benzene rings is 9. The van der Waals surface area contributed by atoms with E-state index >= 15 is 0 Å². The predicted octanol–water partition coefficient (Wildman–Crippen LogP) is 13.4. The number of anilines is 1. The van der Waals surface area contributed by atoms with E-state index in [4.69, 9.17) is 9.15 Å². The average molecular weight is 1800 g/mol. The van der Waals surface area contributed by atoms with Crippen molar-refractivity contribution in [3.05, 3.63) is 353 Å². The Balaban J connectivity index is 0.000000136. The van der Waals surface area contributed by atoms with Gasteiger partial charge in [-0.1, -0.05) is 192 Å². The molecular formula is C92H82FN17O12S5. The molecule has 0 unspecified atom stereocenters. The number of hydrogen-bond acceptors (Lipinski definition) is 24. The molecule has 9 aromatic carbocycles. The third-order valence-electron chi connectivity index (χ3n) is 18.6. The summed E-state index contributed by atoms with van der Waals surface area (Å²) < 4.78 is 23.7. The summed E-state index contributed by atoms with van der Waals surface area (Å²) in [5.41, 5.74) is 5.74. The molecular weight excluding hydrogens is 1710 g/mol. The Kier molecular flexibility index (Phi) is 33.2. The summed E-state index contributed by atoms with van der Waals surface area (Å²) in [6.07, 6.45) is 6.85. The number of H-pyrrole nitrogens is 5. The minimum absolute atomic E-state index is 0.0210.